The minimum atomic E-state index is 0.151. The highest BCUT2D eigenvalue weighted by molar-refractivity contribution is 5.79. The fourth-order valence-electron chi connectivity index (χ4n) is 3.30. The van der Waals surface area contributed by atoms with Gasteiger partial charge in [-0.15, -0.1) is 0 Å². The SMILES string of the molecule is CC1OCCC1N(C)C(=O)C1CCCC1CN. The summed E-state index contributed by atoms with van der Waals surface area (Å²) in [5.41, 5.74) is 5.75. The van der Waals surface area contributed by atoms with Crippen LogP contribution in [0, 0.1) is 11.8 Å². The molecule has 2 rings (SSSR count). The maximum Gasteiger partial charge on any atom is 0.226 e. The van der Waals surface area contributed by atoms with Crippen LogP contribution in [0.1, 0.15) is 32.6 Å². The summed E-state index contributed by atoms with van der Waals surface area (Å²) in [5, 5.41) is 0. The topological polar surface area (TPSA) is 55.6 Å². The Morgan fingerprint density at radius 2 is 2.18 bits per heavy atom. The van der Waals surface area contributed by atoms with E-state index in [1.54, 1.807) is 0 Å². The second-order valence-electron chi connectivity index (χ2n) is 5.41. The molecule has 1 amide bonds. The van der Waals surface area contributed by atoms with Crippen LogP contribution >= 0.6 is 0 Å². The highest BCUT2D eigenvalue weighted by Crippen LogP contribution is 2.33. The van der Waals surface area contributed by atoms with E-state index in [1.807, 2.05) is 11.9 Å². The first-order chi connectivity index (χ1) is 8.15. The molecule has 4 unspecified atom stereocenters. The summed E-state index contributed by atoms with van der Waals surface area (Å²) in [4.78, 5) is 14.4. The lowest BCUT2D eigenvalue weighted by Crippen LogP contribution is -2.45. The largest absolute Gasteiger partial charge is 0.376 e. The zero-order valence-corrected chi connectivity index (χ0v) is 10.9. The second-order valence-corrected chi connectivity index (χ2v) is 5.41. The van der Waals surface area contributed by atoms with Crippen LogP contribution in [-0.2, 0) is 9.53 Å². The van der Waals surface area contributed by atoms with Crippen molar-refractivity contribution in [2.45, 2.75) is 44.8 Å². The Balaban J connectivity index is 1.99. The summed E-state index contributed by atoms with van der Waals surface area (Å²) in [7, 11) is 1.92. The van der Waals surface area contributed by atoms with Gasteiger partial charge < -0.3 is 15.4 Å². The molecule has 0 radical (unpaired) electrons. The first kappa shape index (κ1) is 12.8. The number of hydrogen-bond acceptors (Lipinski definition) is 3. The Morgan fingerprint density at radius 1 is 1.41 bits per heavy atom. The van der Waals surface area contributed by atoms with Crippen molar-refractivity contribution in [1.29, 1.82) is 0 Å². The van der Waals surface area contributed by atoms with E-state index >= 15 is 0 Å². The first-order valence-electron chi connectivity index (χ1n) is 6.73. The molecule has 0 aromatic heterocycles. The number of hydrogen-bond donors (Lipinski definition) is 1. The molecule has 0 bridgehead atoms. The van der Waals surface area contributed by atoms with Crippen molar-refractivity contribution in [3.05, 3.63) is 0 Å². The molecule has 1 saturated heterocycles. The molecule has 4 nitrogen and oxygen atoms in total. The van der Waals surface area contributed by atoms with Gasteiger partial charge in [-0.1, -0.05) is 6.42 Å². The number of nitrogens with zero attached hydrogens (tertiary/aromatic N) is 1. The highest BCUT2D eigenvalue weighted by Gasteiger charge is 2.38. The number of carbonyl (C=O) groups excluding carboxylic acids is 1. The van der Waals surface area contributed by atoms with E-state index in [9.17, 15) is 4.79 Å². The monoisotopic (exact) mass is 240 g/mol. The van der Waals surface area contributed by atoms with Gasteiger partial charge in [0.25, 0.3) is 0 Å². The van der Waals surface area contributed by atoms with Crippen molar-refractivity contribution in [3.8, 4) is 0 Å². The van der Waals surface area contributed by atoms with E-state index in [4.69, 9.17) is 10.5 Å². The third-order valence-electron chi connectivity index (χ3n) is 4.46. The molecule has 2 N–H and O–H groups in total. The molecule has 2 aliphatic rings. The van der Waals surface area contributed by atoms with Crippen LogP contribution < -0.4 is 5.73 Å². The van der Waals surface area contributed by atoms with E-state index in [-0.39, 0.29) is 24.0 Å². The zero-order chi connectivity index (χ0) is 12.4. The van der Waals surface area contributed by atoms with Crippen LogP contribution in [0.5, 0.6) is 0 Å². The van der Waals surface area contributed by atoms with Gasteiger partial charge in [0.15, 0.2) is 0 Å². The minimum absolute atomic E-state index is 0.151. The van der Waals surface area contributed by atoms with Gasteiger partial charge in [0.1, 0.15) is 0 Å². The molecule has 4 heteroatoms. The Morgan fingerprint density at radius 3 is 2.76 bits per heavy atom. The Labute approximate surface area is 103 Å². The molecule has 17 heavy (non-hydrogen) atoms. The van der Waals surface area contributed by atoms with Crippen LogP contribution in [0.25, 0.3) is 0 Å². The van der Waals surface area contributed by atoms with Crippen LogP contribution in [0.4, 0.5) is 0 Å². The number of rotatable bonds is 3. The van der Waals surface area contributed by atoms with E-state index in [1.165, 1.54) is 0 Å². The molecule has 1 aliphatic carbocycles. The third kappa shape index (κ3) is 2.47. The first-order valence-corrected chi connectivity index (χ1v) is 6.73. The lowest BCUT2D eigenvalue weighted by molar-refractivity contribution is -0.138. The fourth-order valence-corrected chi connectivity index (χ4v) is 3.30. The molecule has 1 heterocycles. The lowest BCUT2D eigenvalue weighted by Gasteiger charge is -2.30. The molecule has 0 aromatic rings. The predicted molar refractivity (Wildman–Crippen MR) is 66.5 cm³/mol. The van der Waals surface area contributed by atoms with Crippen molar-refractivity contribution in [1.82, 2.24) is 4.90 Å². The summed E-state index contributed by atoms with van der Waals surface area (Å²) in [5.74, 6) is 0.820. The van der Waals surface area contributed by atoms with E-state index < -0.39 is 0 Å². The average molecular weight is 240 g/mol. The van der Waals surface area contributed by atoms with E-state index in [2.05, 4.69) is 6.92 Å². The van der Waals surface area contributed by atoms with Crippen molar-refractivity contribution in [2.24, 2.45) is 17.6 Å². The maximum absolute atomic E-state index is 12.5. The van der Waals surface area contributed by atoms with Gasteiger partial charge in [-0.25, -0.2) is 0 Å². The van der Waals surface area contributed by atoms with Crippen LogP contribution in [0.2, 0.25) is 0 Å². The van der Waals surface area contributed by atoms with Crippen LogP contribution in [0.15, 0.2) is 0 Å². The third-order valence-corrected chi connectivity index (χ3v) is 4.46. The molecular formula is C13H24N2O2. The van der Waals surface area contributed by atoms with E-state index in [0.29, 0.717) is 12.5 Å². The molecule has 4 atom stereocenters. The molecule has 2 fully saturated rings. The van der Waals surface area contributed by atoms with Gasteiger partial charge in [-0.2, -0.15) is 0 Å². The second kappa shape index (κ2) is 5.36. The lowest BCUT2D eigenvalue weighted by atomic mass is 9.94. The van der Waals surface area contributed by atoms with E-state index in [0.717, 1.165) is 32.3 Å². The quantitative estimate of drug-likeness (QED) is 0.800. The maximum atomic E-state index is 12.5. The molecule has 0 spiro atoms. The highest BCUT2D eigenvalue weighted by atomic mass is 16.5. The Kier molecular flexibility index (Phi) is 4.05. The van der Waals surface area contributed by atoms with Crippen molar-refractivity contribution >= 4 is 5.91 Å². The summed E-state index contributed by atoms with van der Waals surface area (Å²) in [6, 6.07) is 0.251. The van der Waals surface area contributed by atoms with Crippen LogP contribution in [0.3, 0.4) is 0 Å². The minimum Gasteiger partial charge on any atom is -0.376 e. The molecule has 0 aromatic carbocycles. The van der Waals surface area contributed by atoms with Crippen LogP contribution in [-0.4, -0.2) is 43.2 Å². The average Bonchev–Trinajstić information content (AvgIpc) is 2.95. The molecule has 1 aliphatic heterocycles. The molecule has 98 valence electrons. The zero-order valence-electron chi connectivity index (χ0n) is 10.9. The fraction of sp³-hybridized carbons (Fsp3) is 0.923. The molecular weight excluding hydrogens is 216 g/mol. The van der Waals surface area contributed by atoms with Gasteiger partial charge in [-0.05, 0) is 38.6 Å². The number of ether oxygens (including phenoxy) is 1. The predicted octanol–water partition coefficient (Wildman–Crippen LogP) is 0.997. The number of carbonyl (C=O) groups is 1. The summed E-state index contributed by atoms with van der Waals surface area (Å²) in [6.07, 6.45) is 4.39. The van der Waals surface area contributed by atoms with Gasteiger partial charge in [0.05, 0.1) is 12.1 Å². The number of amides is 1. The Hall–Kier alpha value is -0.610. The summed E-state index contributed by atoms with van der Waals surface area (Å²) >= 11 is 0. The van der Waals surface area contributed by atoms with Gasteiger partial charge in [-0.3, -0.25) is 4.79 Å². The van der Waals surface area contributed by atoms with Crippen molar-refractivity contribution in [3.63, 3.8) is 0 Å². The van der Waals surface area contributed by atoms with Crippen molar-refractivity contribution in [2.75, 3.05) is 20.2 Å². The summed E-state index contributed by atoms with van der Waals surface area (Å²) in [6.45, 7) is 3.46. The smallest absolute Gasteiger partial charge is 0.226 e. The number of likely N-dealkylation sites (N-methyl/N-ethyl adjacent to an activating group) is 1. The Bertz CT molecular complexity index is 283. The van der Waals surface area contributed by atoms with Gasteiger partial charge >= 0.3 is 0 Å². The summed E-state index contributed by atoms with van der Waals surface area (Å²) < 4.78 is 5.53. The van der Waals surface area contributed by atoms with Gasteiger partial charge in [0, 0.05) is 19.6 Å². The standard InChI is InChI=1S/C13H24N2O2/c1-9-12(6-7-17-9)15(2)13(16)11-5-3-4-10(11)8-14/h9-12H,3-8,14H2,1-2H3. The normalized spacial score (nSPS) is 37.4. The molecule has 1 saturated carbocycles. The van der Waals surface area contributed by atoms with Gasteiger partial charge in [0.2, 0.25) is 5.91 Å². The van der Waals surface area contributed by atoms with Crippen molar-refractivity contribution < 1.29 is 9.53 Å². The number of nitrogens with two attached hydrogens (primary N) is 1.